The van der Waals surface area contributed by atoms with Crippen molar-refractivity contribution in [1.82, 2.24) is 10.2 Å². The van der Waals surface area contributed by atoms with E-state index in [1.165, 1.54) is 0 Å². The number of rotatable bonds is 4. The van der Waals surface area contributed by atoms with Crippen LogP contribution in [0.2, 0.25) is 0 Å². The molecule has 0 radical (unpaired) electrons. The van der Waals surface area contributed by atoms with Crippen molar-refractivity contribution in [2.75, 3.05) is 26.2 Å². The lowest BCUT2D eigenvalue weighted by Crippen LogP contribution is -2.61. The fraction of sp³-hybridized carbons (Fsp3) is 0.900. The smallest absolute Gasteiger partial charge is 0.242 e. The Balaban J connectivity index is 2.42. The van der Waals surface area contributed by atoms with E-state index >= 15 is 0 Å². The van der Waals surface area contributed by atoms with E-state index in [0.29, 0.717) is 13.1 Å². The van der Waals surface area contributed by atoms with Crippen LogP contribution in [0, 0.1) is 5.92 Å². The minimum absolute atomic E-state index is 0.129. The van der Waals surface area contributed by atoms with Gasteiger partial charge in [0.2, 0.25) is 5.91 Å². The van der Waals surface area contributed by atoms with Crippen LogP contribution < -0.4 is 5.32 Å². The molecular formula is C10H20N2O2. The maximum Gasteiger partial charge on any atom is 0.242 e. The first-order chi connectivity index (χ1) is 6.51. The van der Waals surface area contributed by atoms with E-state index in [0.717, 1.165) is 6.54 Å². The summed E-state index contributed by atoms with van der Waals surface area (Å²) in [6.07, 6.45) is 0. The third kappa shape index (κ3) is 2.25. The Hall–Kier alpha value is -0.610. The van der Waals surface area contributed by atoms with Gasteiger partial charge in [-0.25, -0.2) is 0 Å². The molecule has 0 atom stereocenters. The average molecular weight is 200 g/mol. The third-order valence-corrected chi connectivity index (χ3v) is 2.66. The second kappa shape index (κ2) is 4.28. The Kier molecular flexibility index (Phi) is 3.50. The molecule has 0 aliphatic carbocycles. The maximum atomic E-state index is 11.9. The molecule has 2 N–H and O–H groups in total. The number of carbonyl (C=O) groups excluding carboxylic acids is 1. The van der Waals surface area contributed by atoms with Gasteiger partial charge >= 0.3 is 0 Å². The molecule has 0 saturated carbocycles. The molecule has 82 valence electrons. The first-order valence-corrected chi connectivity index (χ1v) is 5.16. The molecule has 1 saturated heterocycles. The summed E-state index contributed by atoms with van der Waals surface area (Å²) in [6, 6.07) is 0. The van der Waals surface area contributed by atoms with Gasteiger partial charge < -0.3 is 15.3 Å². The quantitative estimate of drug-likeness (QED) is 0.662. The van der Waals surface area contributed by atoms with Crippen molar-refractivity contribution in [3.8, 4) is 0 Å². The number of nitrogens with one attached hydrogen (secondary N) is 1. The average Bonchev–Trinajstić information content (AvgIpc) is 2.02. The summed E-state index contributed by atoms with van der Waals surface area (Å²) in [4.78, 5) is 13.7. The molecule has 1 rings (SSSR count). The molecule has 0 aromatic carbocycles. The Bertz CT molecular complexity index is 210. The van der Waals surface area contributed by atoms with Crippen molar-refractivity contribution in [3.63, 3.8) is 0 Å². The van der Waals surface area contributed by atoms with Crippen molar-refractivity contribution < 1.29 is 9.90 Å². The molecule has 0 unspecified atom stereocenters. The number of aliphatic hydroxyl groups is 1. The van der Waals surface area contributed by atoms with Crippen LogP contribution in [0.4, 0.5) is 0 Å². The van der Waals surface area contributed by atoms with Crippen molar-refractivity contribution in [2.24, 2.45) is 5.92 Å². The molecule has 1 fully saturated rings. The lowest BCUT2D eigenvalue weighted by molar-refractivity contribution is -0.144. The van der Waals surface area contributed by atoms with E-state index < -0.39 is 5.54 Å². The molecule has 0 spiro atoms. The highest BCUT2D eigenvalue weighted by molar-refractivity contribution is 5.86. The molecule has 1 aliphatic rings. The number of aliphatic hydroxyl groups excluding tert-OH is 1. The van der Waals surface area contributed by atoms with Crippen LogP contribution in [-0.2, 0) is 4.79 Å². The molecule has 0 aromatic heterocycles. The van der Waals surface area contributed by atoms with Gasteiger partial charge in [-0.2, -0.15) is 0 Å². The number of nitrogens with zero attached hydrogens (tertiary/aromatic N) is 1. The van der Waals surface area contributed by atoms with Gasteiger partial charge in [0, 0.05) is 25.6 Å². The molecule has 0 bridgehead atoms. The summed E-state index contributed by atoms with van der Waals surface area (Å²) in [7, 11) is 0. The minimum atomic E-state index is -0.477. The van der Waals surface area contributed by atoms with Crippen LogP contribution >= 0.6 is 0 Å². The summed E-state index contributed by atoms with van der Waals surface area (Å²) in [5, 5.41) is 12.0. The van der Waals surface area contributed by atoms with Gasteiger partial charge in [0.25, 0.3) is 0 Å². The fourth-order valence-electron chi connectivity index (χ4n) is 1.76. The number of hydrogen-bond acceptors (Lipinski definition) is 3. The van der Waals surface area contributed by atoms with Crippen LogP contribution in [0.3, 0.4) is 0 Å². The Morgan fingerprint density at radius 2 is 2.14 bits per heavy atom. The summed E-state index contributed by atoms with van der Waals surface area (Å²) in [5.74, 6) is 0.417. The van der Waals surface area contributed by atoms with E-state index in [9.17, 15) is 4.79 Å². The number of likely N-dealkylation sites (N-methyl/N-ethyl adjacent to an activating group) is 1. The molecule has 1 amide bonds. The van der Waals surface area contributed by atoms with E-state index in [2.05, 4.69) is 5.32 Å². The molecule has 14 heavy (non-hydrogen) atoms. The first kappa shape index (κ1) is 11.5. The SMILES string of the molecule is CCNC(C)(C)C(=O)N1CC(CO)C1. The second-order valence-corrected chi connectivity index (χ2v) is 4.41. The largest absolute Gasteiger partial charge is 0.396 e. The normalized spacial score (nSPS) is 18.1. The van der Waals surface area contributed by atoms with Gasteiger partial charge in [-0.15, -0.1) is 0 Å². The fourth-order valence-corrected chi connectivity index (χ4v) is 1.76. The first-order valence-electron chi connectivity index (χ1n) is 5.16. The summed E-state index contributed by atoms with van der Waals surface area (Å²) in [5.41, 5.74) is -0.477. The van der Waals surface area contributed by atoms with Gasteiger partial charge in [-0.3, -0.25) is 4.79 Å². The second-order valence-electron chi connectivity index (χ2n) is 4.41. The zero-order valence-electron chi connectivity index (χ0n) is 9.21. The van der Waals surface area contributed by atoms with E-state index in [1.54, 1.807) is 4.90 Å². The van der Waals surface area contributed by atoms with E-state index in [4.69, 9.17) is 5.11 Å². The number of likely N-dealkylation sites (tertiary alicyclic amines) is 1. The lowest BCUT2D eigenvalue weighted by Gasteiger charge is -2.42. The number of amides is 1. The van der Waals surface area contributed by atoms with Crippen molar-refractivity contribution in [3.05, 3.63) is 0 Å². The van der Waals surface area contributed by atoms with Crippen molar-refractivity contribution >= 4 is 5.91 Å². The lowest BCUT2D eigenvalue weighted by atomic mass is 9.95. The predicted molar refractivity (Wildman–Crippen MR) is 54.9 cm³/mol. The van der Waals surface area contributed by atoms with Gasteiger partial charge in [0.15, 0.2) is 0 Å². The van der Waals surface area contributed by atoms with Crippen molar-refractivity contribution in [2.45, 2.75) is 26.3 Å². The summed E-state index contributed by atoms with van der Waals surface area (Å²) in [6.45, 7) is 8.15. The molecule has 1 heterocycles. The zero-order chi connectivity index (χ0) is 10.8. The van der Waals surface area contributed by atoms with Crippen LogP contribution in [-0.4, -0.2) is 47.7 Å². The van der Waals surface area contributed by atoms with Crippen molar-refractivity contribution in [1.29, 1.82) is 0 Å². The molecule has 4 heteroatoms. The standard InChI is InChI=1S/C10H20N2O2/c1-4-11-10(2,3)9(14)12-5-8(6-12)7-13/h8,11,13H,4-7H2,1-3H3. The molecule has 4 nitrogen and oxygen atoms in total. The number of hydrogen-bond donors (Lipinski definition) is 2. The van der Waals surface area contributed by atoms with Crippen LogP contribution in [0.25, 0.3) is 0 Å². The van der Waals surface area contributed by atoms with Gasteiger partial charge in [0.1, 0.15) is 0 Å². The van der Waals surface area contributed by atoms with Gasteiger partial charge in [-0.05, 0) is 20.4 Å². The highest BCUT2D eigenvalue weighted by Crippen LogP contribution is 2.19. The van der Waals surface area contributed by atoms with E-state index in [-0.39, 0.29) is 18.4 Å². The zero-order valence-corrected chi connectivity index (χ0v) is 9.21. The Morgan fingerprint density at radius 1 is 1.57 bits per heavy atom. The van der Waals surface area contributed by atoms with Crippen LogP contribution in [0.5, 0.6) is 0 Å². The van der Waals surface area contributed by atoms with Crippen LogP contribution in [0.1, 0.15) is 20.8 Å². The molecule has 0 aromatic rings. The molecule has 1 aliphatic heterocycles. The highest BCUT2D eigenvalue weighted by atomic mass is 16.3. The van der Waals surface area contributed by atoms with Crippen LogP contribution in [0.15, 0.2) is 0 Å². The van der Waals surface area contributed by atoms with Gasteiger partial charge in [-0.1, -0.05) is 6.92 Å². The molecular weight excluding hydrogens is 180 g/mol. The Morgan fingerprint density at radius 3 is 2.57 bits per heavy atom. The highest BCUT2D eigenvalue weighted by Gasteiger charge is 2.37. The Labute approximate surface area is 85.3 Å². The topological polar surface area (TPSA) is 52.6 Å². The number of carbonyl (C=O) groups is 1. The maximum absolute atomic E-state index is 11.9. The van der Waals surface area contributed by atoms with E-state index in [1.807, 2.05) is 20.8 Å². The van der Waals surface area contributed by atoms with Gasteiger partial charge in [0.05, 0.1) is 5.54 Å². The minimum Gasteiger partial charge on any atom is -0.396 e. The third-order valence-electron chi connectivity index (χ3n) is 2.66. The monoisotopic (exact) mass is 200 g/mol. The summed E-state index contributed by atoms with van der Waals surface area (Å²) >= 11 is 0. The summed E-state index contributed by atoms with van der Waals surface area (Å²) < 4.78 is 0. The predicted octanol–water partition coefficient (Wildman–Crippen LogP) is -0.175.